The molecule has 2 aromatic carbocycles. The highest BCUT2D eigenvalue weighted by atomic mass is 16.2. The van der Waals surface area contributed by atoms with E-state index in [1.165, 1.54) is 4.90 Å². The Hall–Kier alpha value is -7.57. The molecule has 25 heteroatoms. The maximum atomic E-state index is 14.6. The summed E-state index contributed by atoms with van der Waals surface area (Å²) in [5, 5.41) is 54.5. The molecule has 63 heavy (non-hydrogen) atoms. The molecule has 3 aromatic heterocycles. The molecular weight excluding hydrogens is 819 g/mol. The van der Waals surface area contributed by atoms with Crippen LogP contribution >= 0.6 is 0 Å². The van der Waals surface area contributed by atoms with Crippen molar-refractivity contribution in [3.05, 3.63) is 59.9 Å². The number of anilines is 1. The second kappa shape index (κ2) is 20.8. The Morgan fingerprint density at radius 2 is 1.41 bits per heavy atom. The van der Waals surface area contributed by atoms with Gasteiger partial charge in [0.05, 0.1) is 0 Å². The number of benzene rings is 2. The molecule has 25 nitrogen and oxygen atoms in total. The van der Waals surface area contributed by atoms with Crippen LogP contribution in [0.25, 0.3) is 22.8 Å². The maximum absolute atomic E-state index is 14.6. The highest BCUT2D eigenvalue weighted by Crippen LogP contribution is 2.28. The molecule has 1 saturated heterocycles. The Bertz CT molecular complexity index is 2270. The van der Waals surface area contributed by atoms with E-state index >= 15 is 0 Å². The van der Waals surface area contributed by atoms with E-state index in [1.807, 2.05) is 44.2 Å². The van der Waals surface area contributed by atoms with Crippen LogP contribution in [0.4, 0.5) is 5.69 Å². The average molecular weight is 868 g/mol. The first-order chi connectivity index (χ1) is 30.3. The van der Waals surface area contributed by atoms with Crippen molar-refractivity contribution in [1.82, 2.24) is 88.0 Å². The Labute approximate surface area is 359 Å². The van der Waals surface area contributed by atoms with E-state index < -0.39 is 71.6 Å². The Morgan fingerprint density at radius 1 is 0.778 bits per heavy atom. The fourth-order valence-corrected chi connectivity index (χ4v) is 6.97. The number of carbonyl (C=O) groups excluding carboxylic acids is 6. The lowest BCUT2D eigenvalue weighted by Crippen LogP contribution is -2.60. The summed E-state index contributed by atoms with van der Waals surface area (Å²) in [5.41, 5.74) is 8.14. The molecule has 1 aliphatic heterocycles. The number of aromatic nitrogens is 12. The van der Waals surface area contributed by atoms with Gasteiger partial charge >= 0.3 is 0 Å². The molecule has 0 saturated carbocycles. The first-order valence-electron chi connectivity index (χ1n) is 20.2. The molecule has 0 spiro atoms. The SMILES string of the molecule is CC(C)C[C@H](NC(=O)[C@@H](NC(=O)[C@@H](N)CNC(=O)c1nn[nH]n1)C(C)C)C(=O)N[C@@H](Cc1ccccc1)C(=O)N1CCC[C@H]1C(=O)Nc1cc(-c2nn[nH]n2)cc(-c2nn[nH]n2)c1. The number of hydrogen-bond donors (Lipinski definition) is 9. The van der Waals surface area contributed by atoms with Gasteiger partial charge in [0.15, 0.2) is 0 Å². The van der Waals surface area contributed by atoms with Gasteiger partial charge in [-0.1, -0.05) is 58.0 Å². The van der Waals surface area contributed by atoms with Crippen LogP contribution in [-0.2, 0) is 30.4 Å². The van der Waals surface area contributed by atoms with E-state index in [0.717, 1.165) is 5.56 Å². The third-order valence-corrected chi connectivity index (χ3v) is 10.1. The van der Waals surface area contributed by atoms with Gasteiger partial charge in [-0.3, -0.25) is 28.8 Å². The predicted molar refractivity (Wildman–Crippen MR) is 221 cm³/mol. The lowest BCUT2D eigenvalue weighted by molar-refractivity contribution is -0.140. The van der Waals surface area contributed by atoms with Crippen LogP contribution in [0.5, 0.6) is 0 Å². The standard InChI is InChI=1S/C38H49N19O6/c1-19(2)13-26(42-36(61)29(20(3)4)44-33(58)25(39)18-40-37(62)32-49-55-56-50-32)34(59)43-27(14-21-9-6-5-7-10-21)38(63)57-12-8-11-28(57)35(60)41-24-16-22(30-45-51-52-46-30)15-23(17-24)31-47-53-54-48-31/h5-7,9-10,15-17,19-20,25-29H,8,11-14,18,39H2,1-4H3,(H,40,62)(H,41,60)(H,42,61)(H,43,59)(H,44,58)(H,45,46,51,52)(H,47,48,53,54)(H,49,50,55,56)/t25-,26-,27-,28-,29-/m0/s1. The van der Waals surface area contributed by atoms with Gasteiger partial charge in [-0.15, -0.1) is 30.6 Å². The topological polar surface area (TPSA) is 355 Å². The average Bonchev–Trinajstić information content (AvgIpc) is 4.12. The van der Waals surface area contributed by atoms with Gasteiger partial charge < -0.3 is 37.2 Å². The normalized spacial score (nSPS) is 15.6. The van der Waals surface area contributed by atoms with Crippen LogP contribution in [0, 0.1) is 11.8 Å². The van der Waals surface area contributed by atoms with Crippen LogP contribution < -0.4 is 32.3 Å². The molecule has 0 unspecified atom stereocenters. The van der Waals surface area contributed by atoms with E-state index in [1.54, 1.807) is 32.0 Å². The van der Waals surface area contributed by atoms with Gasteiger partial charge in [-0.25, -0.2) is 0 Å². The maximum Gasteiger partial charge on any atom is 0.292 e. The fourth-order valence-electron chi connectivity index (χ4n) is 6.97. The van der Waals surface area contributed by atoms with Gasteiger partial charge in [-0.2, -0.15) is 15.6 Å². The number of carbonyl (C=O) groups is 6. The van der Waals surface area contributed by atoms with E-state index in [-0.39, 0.29) is 49.3 Å². The van der Waals surface area contributed by atoms with E-state index in [0.29, 0.717) is 29.7 Å². The van der Waals surface area contributed by atoms with Crippen molar-refractivity contribution in [3.8, 4) is 22.8 Å². The zero-order valence-corrected chi connectivity index (χ0v) is 34.9. The molecule has 4 heterocycles. The van der Waals surface area contributed by atoms with E-state index in [9.17, 15) is 28.8 Å². The number of nitrogens with one attached hydrogen (secondary N) is 8. The molecule has 5 atom stereocenters. The zero-order valence-electron chi connectivity index (χ0n) is 34.9. The number of nitrogens with zero attached hydrogens (tertiary/aromatic N) is 10. The summed E-state index contributed by atoms with van der Waals surface area (Å²) in [7, 11) is 0. The smallest absolute Gasteiger partial charge is 0.292 e. The molecule has 1 aliphatic rings. The molecular formula is C38H49N19O6. The van der Waals surface area contributed by atoms with Gasteiger partial charge in [0.1, 0.15) is 30.2 Å². The summed E-state index contributed by atoms with van der Waals surface area (Å²) in [5.74, 6) is -3.93. The number of aromatic amines is 3. The minimum atomic E-state index is -1.25. The van der Waals surface area contributed by atoms with Crippen molar-refractivity contribution in [2.75, 3.05) is 18.4 Å². The molecule has 1 fully saturated rings. The predicted octanol–water partition coefficient (Wildman–Crippen LogP) is -1.35. The molecule has 0 bridgehead atoms. The summed E-state index contributed by atoms with van der Waals surface area (Å²) < 4.78 is 0. The molecule has 6 amide bonds. The fraction of sp³-hybridized carbons (Fsp3) is 0.447. The van der Waals surface area contributed by atoms with Crippen LogP contribution in [0.3, 0.4) is 0 Å². The first kappa shape index (κ1) is 45.0. The Kier molecular flexibility index (Phi) is 14.8. The Balaban J connectivity index is 1.16. The monoisotopic (exact) mass is 867 g/mol. The van der Waals surface area contributed by atoms with Crippen LogP contribution in [0.1, 0.15) is 63.1 Å². The summed E-state index contributed by atoms with van der Waals surface area (Å²) in [4.78, 5) is 83.4. The number of nitrogens with two attached hydrogens (primary N) is 1. The number of H-pyrrole nitrogens is 3. The number of rotatable bonds is 19. The summed E-state index contributed by atoms with van der Waals surface area (Å²) in [6.45, 7) is 7.12. The van der Waals surface area contributed by atoms with Crippen molar-refractivity contribution >= 4 is 41.1 Å². The van der Waals surface area contributed by atoms with Crippen molar-refractivity contribution in [1.29, 1.82) is 0 Å². The second-order valence-corrected chi connectivity index (χ2v) is 15.7. The largest absolute Gasteiger partial charge is 0.347 e. The zero-order chi connectivity index (χ0) is 45.0. The molecule has 0 aliphatic carbocycles. The molecule has 5 aromatic rings. The number of tetrazole rings is 3. The third-order valence-electron chi connectivity index (χ3n) is 10.1. The van der Waals surface area contributed by atoms with Gasteiger partial charge in [0, 0.05) is 36.3 Å². The molecule has 6 rings (SSSR count). The lowest BCUT2D eigenvalue weighted by Gasteiger charge is -2.31. The summed E-state index contributed by atoms with van der Waals surface area (Å²) in [6.07, 6.45) is 1.16. The number of likely N-dealkylation sites (tertiary alicyclic amines) is 1. The highest BCUT2D eigenvalue weighted by molar-refractivity contribution is 6.00. The van der Waals surface area contributed by atoms with Crippen molar-refractivity contribution < 1.29 is 28.8 Å². The van der Waals surface area contributed by atoms with Crippen LogP contribution in [0.15, 0.2) is 48.5 Å². The number of amides is 6. The minimum absolute atomic E-state index is 0.0847. The first-order valence-corrected chi connectivity index (χ1v) is 20.2. The van der Waals surface area contributed by atoms with Crippen molar-refractivity contribution in [2.24, 2.45) is 17.6 Å². The minimum Gasteiger partial charge on any atom is -0.347 e. The van der Waals surface area contributed by atoms with Gasteiger partial charge in [0.25, 0.3) is 11.7 Å². The van der Waals surface area contributed by atoms with Gasteiger partial charge in [-0.05, 0) is 70.5 Å². The second-order valence-electron chi connectivity index (χ2n) is 15.7. The van der Waals surface area contributed by atoms with E-state index in [4.69, 9.17) is 5.73 Å². The summed E-state index contributed by atoms with van der Waals surface area (Å²) in [6, 6.07) is 8.59. The third kappa shape index (κ3) is 11.8. The lowest BCUT2D eigenvalue weighted by atomic mass is 9.98. The molecule has 0 radical (unpaired) electrons. The number of hydrogen-bond acceptors (Lipinski definition) is 16. The van der Waals surface area contributed by atoms with Crippen molar-refractivity contribution in [2.45, 2.75) is 83.6 Å². The van der Waals surface area contributed by atoms with Crippen LogP contribution in [0.2, 0.25) is 0 Å². The van der Waals surface area contributed by atoms with Gasteiger partial charge in [0.2, 0.25) is 41.2 Å². The molecule has 332 valence electrons. The molecule has 10 N–H and O–H groups in total. The van der Waals surface area contributed by atoms with Crippen LogP contribution in [-0.4, -0.2) is 146 Å². The quantitative estimate of drug-likeness (QED) is 0.0463. The summed E-state index contributed by atoms with van der Waals surface area (Å²) >= 11 is 0. The van der Waals surface area contributed by atoms with E-state index in [2.05, 4.69) is 88.5 Å². The Morgan fingerprint density at radius 3 is 2.00 bits per heavy atom. The highest BCUT2D eigenvalue weighted by Gasteiger charge is 2.39. The van der Waals surface area contributed by atoms with Crippen molar-refractivity contribution in [3.63, 3.8) is 0 Å².